The molecule has 5 unspecified atom stereocenters. The fourth-order valence-electron chi connectivity index (χ4n) is 4.40. The molecule has 2 N–H and O–H groups in total. The van der Waals surface area contributed by atoms with Crippen molar-refractivity contribution in [3.8, 4) is 0 Å². The molecular weight excluding hydrogens is 196 g/mol. The van der Waals surface area contributed by atoms with Gasteiger partial charge in [-0.15, -0.1) is 0 Å². The van der Waals surface area contributed by atoms with E-state index >= 15 is 0 Å². The van der Waals surface area contributed by atoms with Crippen molar-refractivity contribution < 1.29 is 0 Å². The van der Waals surface area contributed by atoms with Gasteiger partial charge in [0.25, 0.3) is 0 Å². The van der Waals surface area contributed by atoms with Gasteiger partial charge in [-0.1, -0.05) is 6.42 Å². The predicted octanol–water partition coefficient (Wildman–Crippen LogP) is 2.15. The van der Waals surface area contributed by atoms with Crippen LogP contribution in [0.1, 0.15) is 45.4 Å². The third-order valence-corrected chi connectivity index (χ3v) is 5.23. The Balaban J connectivity index is 1.51. The molecule has 3 fully saturated rings. The molecule has 5 atom stereocenters. The van der Waals surface area contributed by atoms with Crippen molar-refractivity contribution in [2.75, 3.05) is 13.1 Å². The molecule has 1 aliphatic heterocycles. The van der Waals surface area contributed by atoms with Gasteiger partial charge in [-0.05, 0) is 63.3 Å². The van der Waals surface area contributed by atoms with E-state index in [2.05, 4.69) is 17.6 Å². The number of fused-ring (bicyclic) bond motifs is 2. The summed E-state index contributed by atoms with van der Waals surface area (Å²) in [7, 11) is 0. The Morgan fingerprint density at radius 2 is 2.12 bits per heavy atom. The summed E-state index contributed by atoms with van der Waals surface area (Å²) in [6.45, 7) is 4.84. The number of piperidine rings is 1. The summed E-state index contributed by atoms with van der Waals surface area (Å²) in [4.78, 5) is 0. The lowest BCUT2D eigenvalue weighted by atomic mass is 9.83. The molecule has 1 heterocycles. The standard InChI is InChI=1S/C14H26N2/c1-10(16-13-3-2-6-15-9-13)14-8-11-4-5-12(14)7-11/h10-16H,2-9H2,1H3. The van der Waals surface area contributed by atoms with Crippen molar-refractivity contribution in [1.29, 1.82) is 0 Å². The fourth-order valence-corrected chi connectivity index (χ4v) is 4.40. The molecule has 1 saturated heterocycles. The van der Waals surface area contributed by atoms with Crippen LogP contribution in [-0.4, -0.2) is 25.2 Å². The van der Waals surface area contributed by atoms with E-state index in [9.17, 15) is 0 Å². The zero-order valence-corrected chi connectivity index (χ0v) is 10.5. The van der Waals surface area contributed by atoms with E-state index in [0.29, 0.717) is 0 Å². The maximum Gasteiger partial charge on any atom is 0.0195 e. The SMILES string of the molecule is CC(NC1CCCNC1)C1CC2CCC1C2. The number of hydrogen-bond donors (Lipinski definition) is 2. The van der Waals surface area contributed by atoms with Crippen LogP contribution in [0.25, 0.3) is 0 Å². The maximum atomic E-state index is 3.88. The second-order valence-corrected chi connectivity index (χ2v) is 6.34. The molecule has 2 heteroatoms. The average molecular weight is 222 g/mol. The smallest absolute Gasteiger partial charge is 0.0195 e. The van der Waals surface area contributed by atoms with Crippen molar-refractivity contribution in [3.05, 3.63) is 0 Å². The number of nitrogens with one attached hydrogen (secondary N) is 2. The summed E-state index contributed by atoms with van der Waals surface area (Å²) in [6.07, 6.45) is 8.82. The quantitative estimate of drug-likeness (QED) is 0.764. The minimum absolute atomic E-state index is 0.739. The van der Waals surface area contributed by atoms with Crippen molar-refractivity contribution in [2.24, 2.45) is 17.8 Å². The van der Waals surface area contributed by atoms with Gasteiger partial charge in [-0.3, -0.25) is 0 Å². The Morgan fingerprint density at radius 1 is 1.19 bits per heavy atom. The molecule has 0 aromatic heterocycles. The Morgan fingerprint density at radius 3 is 2.75 bits per heavy atom. The van der Waals surface area contributed by atoms with Crippen LogP contribution < -0.4 is 10.6 Å². The molecule has 0 aromatic carbocycles. The second-order valence-electron chi connectivity index (χ2n) is 6.34. The van der Waals surface area contributed by atoms with Gasteiger partial charge in [0.1, 0.15) is 0 Å². The lowest BCUT2D eigenvalue weighted by Gasteiger charge is -2.33. The molecule has 92 valence electrons. The van der Waals surface area contributed by atoms with Crippen LogP contribution in [0, 0.1) is 17.8 Å². The lowest BCUT2D eigenvalue weighted by Crippen LogP contribution is -2.49. The largest absolute Gasteiger partial charge is 0.315 e. The molecule has 0 amide bonds. The summed E-state index contributed by atoms with van der Waals surface area (Å²) in [6, 6.07) is 1.49. The molecule has 16 heavy (non-hydrogen) atoms. The Kier molecular flexibility index (Phi) is 3.21. The normalized spacial score (nSPS) is 44.8. The highest BCUT2D eigenvalue weighted by Gasteiger charge is 2.42. The van der Waals surface area contributed by atoms with Crippen LogP contribution in [0.3, 0.4) is 0 Å². The van der Waals surface area contributed by atoms with Crippen LogP contribution in [0.2, 0.25) is 0 Å². The fraction of sp³-hybridized carbons (Fsp3) is 1.00. The number of hydrogen-bond acceptors (Lipinski definition) is 2. The highest BCUT2D eigenvalue weighted by Crippen LogP contribution is 2.49. The molecule has 2 saturated carbocycles. The van der Waals surface area contributed by atoms with E-state index in [4.69, 9.17) is 0 Å². The minimum Gasteiger partial charge on any atom is -0.315 e. The summed E-state index contributed by atoms with van der Waals surface area (Å²) in [5.41, 5.74) is 0. The molecule has 3 aliphatic rings. The molecule has 2 bridgehead atoms. The van der Waals surface area contributed by atoms with Crippen molar-refractivity contribution in [2.45, 2.75) is 57.5 Å². The van der Waals surface area contributed by atoms with Crippen molar-refractivity contribution in [3.63, 3.8) is 0 Å². The highest BCUT2D eigenvalue weighted by atomic mass is 15.0. The first-order valence-electron chi connectivity index (χ1n) is 7.29. The van der Waals surface area contributed by atoms with Gasteiger partial charge >= 0.3 is 0 Å². The lowest BCUT2D eigenvalue weighted by molar-refractivity contribution is 0.232. The molecular formula is C14H26N2. The van der Waals surface area contributed by atoms with Crippen molar-refractivity contribution >= 4 is 0 Å². The number of rotatable bonds is 3. The van der Waals surface area contributed by atoms with E-state index in [1.807, 2.05) is 0 Å². The van der Waals surface area contributed by atoms with Crippen molar-refractivity contribution in [1.82, 2.24) is 10.6 Å². The maximum absolute atomic E-state index is 3.88. The van der Waals surface area contributed by atoms with Gasteiger partial charge < -0.3 is 10.6 Å². The predicted molar refractivity (Wildman–Crippen MR) is 67.4 cm³/mol. The molecule has 3 rings (SSSR count). The van der Waals surface area contributed by atoms with Gasteiger partial charge in [0.05, 0.1) is 0 Å². The molecule has 0 spiro atoms. The van der Waals surface area contributed by atoms with Gasteiger partial charge in [-0.2, -0.15) is 0 Å². The van der Waals surface area contributed by atoms with Gasteiger partial charge in [0.15, 0.2) is 0 Å². The first kappa shape index (κ1) is 11.0. The Bertz CT molecular complexity index is 235. The van der Waals surface area contributed by atoms with Gasteiger partial charge in [-0.25, -0.2) is 0 Å². The van der Waals surface area contributed by atoms with E-state index in [1.54, 1.807) is 6.42 Å². The molecule has 0 radical (unpaired) electrons. The molecule has 0 aromatic rings. The van der Waals surface area contributed by atoms with E-state index < -0.39 is 0 Å². The third-order valence-electron chi connectivity index (χ3n) is 5.23. The Labute approximate surface area is 99.6 Å². The van der Waals surface area contributed by atoms with Crippen LogP contribution in [-0.2, 0) is 0 Å². The molecule has 2 nitrogen and oxygen atoms in total. The van der Waals surface area contributed by atoms with Gasteiger partial charge in [0.2, 0.25) is 0 Å². The topological polar surface area (TPSA) is 24.1 Å². The van der Waals surface area contributed by atoms with Crippen LogP contribution in [0.15, 0.2) is 0 Å². The zero-order valence-electron chi connectivity index (χ0n) is 10.5. The zero-order chi connectivity index (χ0) is 11.0. The first-order chi connectivity index (χ1) is 7.83. The molecule has 2 aliphatic carbocycles. The summed E-state index contributed by atoms with van der Waals surface area (Å²) < 4.78 is 0. The average Bonchev–Trinajstić information content (AvgIpc) is 2.92. The highest BCUT2D eigenvalue weighted by molar-refractivity contribution is 4.95. The summed E-state index contributed by atoms with van der Waals surface area (Å²) in [5.74, 6) is 3.13. The summed E-state index contributed by atoms with van der Waals surface area (Å²) in [5, 5.41) is 7.39. The third kappa shape index (κ3) is 2.14. The van der Waals surface area contributed by atoms with Crippen LogP contribution in [0.5, 0.6) is 0 Å². The summed E-state index contributed by atoms with van der Waals surface area (Å²) >= 11 is 0. The first-order valence-corrected chi connectivity index (χ1v) is 7.29. The van der Waals surface area contributed by atoms with E-state index in [1.165, 1.54) is 45.2 Å². The van der Waals surface area contributed by atoms with E-state index in [-0.39, 0.29) is 0 Å². The van der Waals surface area contributed by atoms with Gasteiger partial charge in [0, 0.05) is 18.6 Å². The van der Waals surface area contributed by atoms with Crippen LogP contribution in [0.4, 0.5) is 0 Å². The second kappa shape index (κ2) is 4.66. The van der Waals surface area contributed by atoms with Crippen LogP contribution >= 0.6 is 0 Å². The monoisotopic (exact) mass is 222 g/mol. The minimum atomic E-state index is 0.739. The Hall–Kier alpha value is -0.0800. The van der Waals surface area contributed by atoms with E-state index in [0.717, 1.165) is 29.8 Å².